The van der Waals surface area contributed by atoms with E-state index in [9.17, 15) is 18.0 Å². The molecule has 2 aromatic carbocycles. The van der Waals surface area contributed by atoms with Crippen molar-refractivity contribution < 1.29 is 18.0 Å². The first-order chi connectivity index (χ1) is 14.3. The van der Waals surface area contributed by atoms with E-state index in [4.69, 9.17) is 11.6 Å². The Morgan fingerprint density at radius 2 is 1.70 bits per heavy atom. The Morgan fingerprint density at radius 3 is 2.37 bits per heavy atom. The Labute approximate surface area is 180 Å². The minimum absolute atomic E-state index is 0.00804. The van der Waals surface area contributed by atoms with Crippen LogP contribution in [0.4, 0.5) is 5.69 Å². The third-order valence-corrected chi connectivity index (χ3v) is 6.93. The second kappa shape index (κ2) is 9.46. The molecule has 10 heteroatoms. The SMILES string of the molecule is Cc1ccc(NCC(=O)NNC(=O)c2cc(S(=O)(=O)N3CCCC3)ccc2Cl)cc1. The summed E-state index contributed by atoms with van der Waals surface area (Å²) in [5.74, 6) is -1.18. The number of aryl methyl sites for hydroxylation is 1. The number of hydrogen-bond donors (Lipinski definition) is 3. The van der Waals surface area contributed by atoms with E-state index in [1.807, 2.05) is 31.2 Å². The van der Waals surface area contributed by atoms with Gasteiger partial charge in [0.05, 0.1) is 22.0 Å². The molecule has 3 N–H and O–H groups in total. The summed E-state index contributed by atoms with van der Waals surface area (Å²) in [5, 5.41) is 3.02. The van der Waals surface area contributed by atoms with Crippen LogP contribution in [0.25, 0.3) is 0 Å². The Balaban J connectivity index is 1.60. The lowest BCUT2D eigenvalue weighted by Gasteiger charge is -2.16. The quantitative estimate of drug-likeness (QED) is 0.585. The van der Waals surface area contributed by atoms with Crippen molar-refractivity contribution in [1.29, 1.82) is 0 Å². The van der Waals surface area contributed by atoms with Crippen LogP contribution in [0.5, 0.6) is 0 Å². The number of hydrazine groups is 1. The lowest BCUT2D eigenvalue weighted by Crippen LogP contribution is -2.44. The molecule has 0 aromatic heterocycles. The van der Waals surface area contributed by atoms with Crippen molar-refractivity contribution in [3.8, 4) is 0 Å². The number of rotatable bonds is 6. The van der Waals surface area contributed by atoms with Gasteiger partial charge in [-0.15, -0.1) is 0 Å². The predicted octanol–water partition coefficient (Wildman–Crippen LogP) is 2.31. The van der Waals surface area contributed by atoms with Gasteiger partial charge in [-0.1, -0.05) is 29.3 Å². The van der Waals surface area contributed by atoms with Crippen LogP contribution in [0.15, 0.2) is 47.4 Å². The second-order valence-corrected chi connectivity index (χ2v) is 9.32. The topological polar surface area (TPSA) is 108 Å². The van der Waals surface area contributed by atoms with Gasteiger partial charge in [-0.25, -0.2) is 8.42 Å². The molecule has 1 aliphatic rings. The zero-order valence-corrected chi connectivity index (χ0v) is 18.0. The Bertz CT molecular complexity index is 1040. The number of sulfonamides is 1. The van der Waals surface area contributed by atoms with Gasteiger partial charge in [-0.3, -0.25) is 20.4 Å². The molecule has 0 unspecified atom stereocenters. The number of carbonyl (C=O) groups is 2. The number of halogens is 1. The van der Waals surface area contributed by atoms with Crippen molar-refractivity contribution in [2.45, 2.75) is 24.7 Å². The Kier molecular flexibility index (Phi) is 6.96. The summed E-state index contributed by atoms with van der Waals surface area (Å²) in [6, 6.07) is 11.5. The summed E-state index contributed by atoms with van der Waals surface area (Å²) in [7, 11) is -3.69. The molecule has 3 rings (SSSR count). The van der Waals surface area contributed by atoms with Gasteiger partial charge in [-0.2, -0.15) is 4.31 Å². The fourth-order valence-electron chi connectivity index (χ4n) is 3.01. The summed E-state index contributed by atoms with van der Waals surface area (Å²) >= 11 is 6.08. The zero-order valence-electron chi connectivity index (χ0n) is 16.4. The van der Waals surface area contributed by atoms with E-state index in [0.29, 0.717) is 13.1 Å². The third-order valence-electron chi connectivity index (χ3n) is 4.71. The lowest BCUT2D eigenvalue weighted by molar-refractivity contribution is -0.120. The minimum Gasteiger partial charge on any atom is -0.376 e. The van der Waals surface area contributed by atoms with Crippen LogP contribution < -0.4 is 16.2 Å². The van der Waals surface area contributed by atoms with Gasteiger partial charge >= 0.3 is 0 Å². The number of benzene rings is 2. The minimum atomic E-state index is -3.69. The fraction of sp³-hybridized carbons (Fsp3) is 0.300. The van der Waals surface area contributed by atoms with Gasteiger partial charge in [0.15, 0.2) is 0 Å². The van der Waals surface area contributed by atoms with Gasteiger partial charge in [0.2, 0.25) is 10.0 Å². The molecule has 0 radical (unpaired) electrons. The van der Waals surface area contributed by atoms with Crippen molar-refractivity contribution in [2.75, 3.05) is 25.0 Å². The van der Waals surface area contributed by atoms with E-state index in [1.54, 1.807) is 0 Å². The van der Waals surface area contributed by atoms with E-state index in [1.165, 1.54) is 22.5 Å². The summed E-state index contributed by atoms with van der Waals surface area (Å²) in [6.07, 6.45) is 1.62. The van der Waals surface area contributed by atoms with Gasteiger partial charge in [-0.05, 0) is 50.1 Å². The highest BCUT2D eigenvalue weighted by molar-refractivity contribution is 7.89. The first-order valence-corrected chi connectivity index (χ1v) is 11.3. The highest BCUT2D eigenvalue weighted by atomic mass is 35.5. The fourth-order valence-corrected chi connectivity index (χ4v) is 4.76. The molecular formula is C20H23ClN4O4S. The van der Waals surface area contributed by atoms with Gasteiger partial charge in [0.25, 0.3) is 11.8 Å². The van der Waals surface area contributed by atoms with Crippen molar-refractivity contribution >= 4 is 39.1 Å². The number of nitrogens with one attached hydrogen (secondary N) is 3. The maximum absolute atomic E-state index is 12.7. The zero-order chi connectivity index (χ0) is 21.7. The van der Waals surface area contributed by atoms with Crippen LogP contribution in [0.1, 0.15) is 28.8 Å². The number of carbonyl (C=O) groups excluding carboxylic acids is 2. The van der Waals surface area contributed by atoms with Gasteiger partial charge < -0.3 is 5.32 Å². The monoisotopic (exact) mass is 450 g/mol. The Hall–Kier alpha value is -2.62. The van der Waals surface area contributed by atoms with Crippen LogP contribution in [0.2, 0.25) is 5.02 Å². The molecule has 1 heterocycles. The van der Waals surface area contributed by atoms with Crippen molar-refractivity contribution in [3.63, 3.8) is 0 Å². The van der Waals surface area contributed by atoms with E-state index in [0.717, 1.165) is 24.1 Å². The lowest BCUT2D eigenvalue weighted by atomic mass is 10.2. The number of nitrogens with zero attached hydrogens (tertiary/aromatic N) is 1. The molecule has 2 aromatic rings. The van der Waals surface area contributed by atoms with Crippen LogP contribution >= 0.6 is 11.6 Å². The molecule has 0 aliphatic carbocycles. The average molecular weight is 451 g/mol. The van der Waals surface area contributed by atoms with Gasteiger partial charge in [0, 0.05) is 18.8 Å². The molecule has 1 aliphatic heterocycles. The number of hydrogen-bond acceptors (Lipinski definition) is 5. The van der Waals surface area contributed by atoms with Crippen LogP contribution in [0.3, 0.4) is 0 Å². The Morgan fingerprint density at radius 1 is 1.03 bits per heavy atom. The number of anilines is 1. The van der Waals surface area contributed by atoms with Gasteiger partial charge in [0.1, 0.15) is 0 Å². The smallest absolute Gasteiger partial charge is 0.271 e. The molecule has 0 saturated carbocycles. The number of amides is 2. The molecule has 1 fully saturated rings. The van der Waals surface area contributed by atoms with E-state index < -0.39 is 21.8 Å². The predicted molar refractivity (Wildman–Crippen MR) is 115 cm³/mol. The molecule has 0 spiro atoms. The standard InChI is InChI=1S/C20H23ClN4O4S/c1-14-4-6-15(7-5-14)22-13-19(26)23-24-20(27)17-12-16(8-9-18(17)21)30(28,29)25-10-2-3-11-25/h4-9,12,22H,2-3,10-11,13H2,1H3,(H,23,26)(H,24,27). The molecule has 160 valence electrons. The summed E-state index contributed by atoms with van der Waals surface area (Å²) in [5.41, 5.74) is 6.38. The molecule has 0 atom stereocenters. The highest BCUT2D eigenvalue weighted by Crippen LogP contribution is 2.25. The molecule has 1 saturated heterocycles. The van der Waals surface area contributed by atoms with E-state index >= 15 is 0 Å². The second-order valence-electron chi connectivity index (χ2n) is 6.97. The van der Waals surface area contributed by atoms with Crippen LogP contribution in [-0.4, -0.2) is 44.2 Å². The van der Waals surface area contributed by atoms with Crippen molar-refractivity contribution in [3.05, 3.63) is 58.6 Å². The summed E-state index contributed by atoms with van der Waals surface area (Å²) in [6.45, 7) is 2.82. The van der Waals surface area contributed by atoms with Crippen molar-refractivity contribution in [2.24, 2.45) is 0 Å². The molecule has 30 heavy (non-hydrogen) atoms. The van der Waals surface area contributed by atoms with E-state index in [2.05, 4.69) is 16.2 Å². The summed E-state index contributed by atoms with van der Waals surface area (Å²) < 4.78 is 26.8. The highest BCUT2D eigenvalue weighted by Gasteiger charge is 2.28. The van der Waals surface area contributed by atoms with Crippen LogP contribution in [-0.2, 0) is 14.8 Å². The maximum Gasteiger partial charge on any atom is 0.271 e. The first kappa shape index (κ1) is 22.1. The molecule has 0 bridgehead atoms. The maximum atomic E-state index is 12.7. The largest absolute Gasteiger partial charge is 0.376 e. The molecule has 8 nitrogen and oxygen atoms in total. The average Bonchev–Trinajstić information content (AvgIpc) is 3.27. The first-order valence-electron chi connectivity index (χ1n) is 9.47. The normalized spacial score (nSPS) is 14.3. The third kappa shape index (κ3) is 5.29. The molecule has 2 amide bonds. The van der Waals surface area contributed by atoms with Crippen molar-refractivity contribution in [1.82, 2.24) is 15.2 Å². The summed E-state index contributed by atoms with van der Waals surface area (Å²) in [4.78, 5) is 24.4. The van der Waals surface area contributed by atoms with E-state index in [-0.39, 0.29) is 22.0 Å². The molecular weight excluding hydrogens is 428 g/mol. The van der Waals surface area contributed by atoms with Crippen LogP contribution in [0, 0.1) is 6.92 Å².